The molecule has 1 rings (SSSR count). The molecular weight excluding hydrogens is 194 g/mol. The molecule has 4 heteroatoms. The number of ether oxygens (including phenoxy) is 1. The van der Waals surface area contributed by atoms with Crippen molar-refractivity contribution in [3.8, 4) is 0 Å². The summed E-state index contributed by atoms with van der Waals surface area (Å²) in [5, 5.41) is 12.3. The number of hydrogen-bond acceptors (Lipinski definition) is 4. The van der Waals surface area contributed by atoms with Crippen LogP contribution in [0.3, 0.4) is 0 Å². The van der Waals surface area contributed by atoms with E-state index in [4.69, 9.17) is 0 Å². The molecule has 0 saturated carbocycles. The van der Waals surface area contributed by atoms with Crippen molar-refractivity contribution in [3.63, 3.8) is 0 Å². The number of carbonyl (C=O) groups is 1. The zero-order valence-corrected chi connectivity index (χ0v) is 8.64. The molecule has 0 amide bonds. The lowest BCUT2D eigenvalue weighted by Crippen LogP contribution is -2.30. The number of aliphatic hydroxyl groups is 1. The molecule has 0 aliphatic carbocycles. The quantitative estimate of drug-likeness (QED) is 0.711. The fraction of sp³-hybridized carbons (Fsp3) is 0.364. The van der Waals surface area contributed by atoms with Crippen molar-refractivity contribution < 1.29 is 14.6 Å². The Kier molecular flexibility index (Phi) is 4.63. The Balaban J connectivity index is 2.34. The first-order chi connectivity index (χ1) is 7.24. The summed E-state index contributed by atoms with van der Waals surface area (Å²) in [4.78, 5) is 11.1. The van der Waals surface area contributed by atoms with Gasteiger partial charge in [-0.25, -0.2) is 4.79 Å². The van der Waals surface area contributed by atoms with E-state index in [0.717, 1.165) is 5.69 Å². The molecule has 1 aromatic carbocycles. The molecule has 0 aliphatic heterocycles. The smallest absolute Gasteiger partial charge is 0.336 e. The highest BCUT2D eigenvalue weighted by Crippen LogP contribution is 2.04. The molecule has 0 fully saturated rings. The number of benzene rings is 1. The topological polar surface area (TPSA) is 58.6 Å². The van der Waals surface area contributed by atoms with Crippen molar-refractivity contribution in [2.75, 3.05) is 18.5 Å². The van der Waals surface area contributed by atoms with Crippen LogP contribution < -0.4 is 5.32 Å². The van der Waals surface area contributed by atoms with Crippen molar-refractivity contribution in [1.82, 2.24) is 0 Å². The van der Waals surface area contributed by atoms with Crippen molar-refractivity contribution >= 4 is 11.7 Å². The van der Waals surface area contributed by atoms with Crippen LogP contribution >= 0.6 is 0 Å². The van der Waals surface area contributed by atoms with E-state index in [-0.39, 0.29) is 13.2 Å². The van der Waals surface area contributed by atoms with Gasteiger partial charge < -0.3 is 15.2 Å². The van der Waals surface area contributed by atoms with Gasteiger partial charge in [-0.2, -0.15) is 0 Å². The zero-order chi connectivity index (χ0) is 11.1. The number of para-hydroxylation sites is 1. The molecule has 0 aliphatic rings. The van der Waals surface area contributed by atoms with Crippen molar-refractivity contribution in [2.45, 2.75) is 13.0 Å². The predicted molar refractivity (Wildman–Crippen MR) is 57.6 cm³/mol. The van der Waals surface area contributed by atoms with Crippen LogP contribution in [0.25, 0.3) is 0 Å². The van der Waals surface area contributed by atoms with E-state index in [0.29, 0.717) is 0 Å². The minimum atomic E-state index is -1.12. The number of rotatable bonds is 5. The van der Waals surface area contributed by atoms with Crippen LogP contribution in [0.1, 0.15) is 6.92 Å². The van der Waals surface area contributed by atoms with Crippen LogP contribution in [0.2, 0.25) is 0 Å². The van der Waals surface area contributed by atoms with Gasteiger partial charge in [-0.15, -0.1) is 0 Å². The number of carbonyl (C=O) groups excluding carboxylic acids is 1. The predicted octanol–water partition coefficient (Wildman–Crippen LogP) is 1.02. The van der Waals surface area contributed by atoms with E-state index in [1.807, 2.05) is 30.3 Å². The lowest BCUT2D eigenvalue weighted by molar-refractivity contribution is -0.152. The number of aliphatic hydroxyl groups excluding tert-OH is 1. The third kappa shape index (κ3) is 3.99. The molecule has 0 radical (unpaired) electrons. The normalized spacial score (nSPS) is 11.9. The average molecular weight is 209 g/mol. The SMILES string of the molecule is CCOC(=O)[C@@H](O)CNc1ccccc1. The lowest BCUT2D eigenvalue weighted by Gasteiger charge is -2.11. The molecule has 2 N–H and O–H groups in total. The molecule has 0 spiro atoms. The summed E-state index contributed by atoms with van der Waals surface area (Å²) in [6.07, 6.45) is -1.12. The summed E-state index contributed by atoms with van der Waals surface area (Å²) < 4.78 is 4.66. The summed E-state index contributed by atoms with van der Waals surface area (Å²) in [6, 6.07) is 9.36. The lowest BCUT2D eigenvalue weighted by atomic mass is 10.3. The van der Waals surface area contributed by atoms with E-state index in [2.05, 4.69) is 10.1 Å². The van der Waals surface area contributed by atoms with Gasteiger partial charge in [0.1, 0.15) is 0 Å². The Hall–Kier alpha value is -1.55. The maximum absolute atomic E-state index is 11.1. The minimum Gasteiger partial charge on any atom is -0.464 e. The second-order valence-corrected chi connectivity index (χ2v) is 3.01. The van der Waals surface area contributed by atoms with Gasteiger partial charge in [0.2, 0.25) is 0 Å². The average Bonchev–Trinajstić information content (AvgIpc) is 2.27. The van der Waals surface area contributed by atoms with Crippen LogP contribution in [0.15, 0.2) is 30.3 Å². The van der Waals surface area contributed by atoms with E-state index in [9.17, 15) is 9.90 Å². The summed E-state index contributed by atoms with van der Waals surface area (Å²) in [5.41, 5.74) is 0.862. The molecule has 0 saturated heterocycles. The Labute approximate surface area is 88.9 Å². The van der Waals surface area contributed by atoms with E-state index < -0.39 is 12.1 Å². The molecule has 0 heterocycles. The Morgan fingerprint density at radius 3 is 2.73 bits per heavy atom. The first-order valence-electron chi connectivity index (χ1n) is 4.87. The molecule has 1 aromatic rings. The highest BCUT2D eigenvalue weighted by molar-refractivity contribution is 5.75. The van der Waals surface area contributed by atoms with E-state index >= 15 is 0 Å². The molecule has 0 aromatic heterocycles. The Morgan fingerprint density at radius 2 is 2.13 bits per heavy atom. The van der Waals surface area contributed by atoms with Gasteiger partial charge in [0, 0.05) is 5.69 Å². The van der Waals surface area contributed by atoms with Gasteiger partial charge in [-0.05, 0) is 19.1 Å². The highest BCUT2D eigenvalue weighted by Gasteiger charge is 2.15. The van der Waals surface area contributed by atoms with Gasteiger partial charge in [-0.3, -0.25) is 0 Å². The van der Waals surface area contributed by atoms with Gasteiger partial charge >= 0.3 is 5.97 Å². The van der Waals surface area contributed by atoms with Crippen molar-refractivity contribution in [1.29, 1.82) is 0 Å². The zero-order valence-electron chi connectivity index (χ0n) is 8.64. The van der Waals surface area contributed by atoms with Gasteiger partial charge in [0.15, 0.2) is 6.10 Å². The van der Waals surface area contributed by atoms with Gasteiger partial charge in [0.25, 0.3) is 0 Å². The highest BCUT2D eigenvalue weighted by atomic mass is 16.5. The van der Waals surface area contributed by atoms with Gasteiger partial charge in [-0.1, -0.05) is 18.2 Å². The maximum atomic E-state index is 11.1. The first-order valence-corrected chi connectivity index (χ1v) is 4.87. The maximum Gasteiger partial charge on any atom is 0.336 e. The van der Waals surface area contributed by atoms with Crippen molar-refractivity contribution in [3.05, 3.63) is 30.3 Å². The number of nitrogens with one attached hydrogen (secondary N) is 1. The van der Waals surface area contributed by atoms with Gasteiger partial charge in [0.05, 0.1) is 13.2 Å². The van der Waals surface area contributed by atoms with Crippen LogP contribution in [0.5, 0.6) is 0 Å². The molecule has 4 nitrogen and oxygen atoms in total. The summed E-state index contributed by atoms with van der Waals surface area (Å²) in [7, 11) is 0. The van der Waals surface area contributed by atoms with Crippen LogP contribution in [0, 0.1) is 0 Å². The number of hydrogen-bond donors (Lipinski definition) is 2. The molecule has 0 unspecified atom stereocenters. The standard InChI is InChI=1S/C11H15NO3/c1-2-15-11(14)10(13)8-12-9-6-4-3-5-7-9/h3-7,10,12-13H,2,8H2,1H3/t10-/m0/s1. The fourth-order valence-electron chi connectivity index (χ4n) is 1.09. The summed E-state index contributed by atoms with van der Waals surface area (Å²) >= 11 is 0. The number of anilines is 1. The first kappa shape index (κ1) is 11.5. The van der Waals surface area contributed by atoms with Crippen LogP contribution in [-0.2, 0) is 9.53 Å². The molecule has 82 valence electrons. The van der Waals surface area contributed by atoms with Crippen LogP contribution in [0.4, 0.5) is 5.69 Å². The third-order valence-corrected chi connectivity index (χ3v) is 1.83. The Morgan fingerprint density at radius 1 is 1.47 bits per heavy atom. The molecule has 0 bridgehead atoms. The molecule has 15 heavy (non-hydrogen) atoms. The minimum absolute atomic E-state index is 0.156. The molecular formula is C11H15NO3. The second-order valence-electron chi connectivity index (χ2n) is 3.01. The number of esters is 1. The fourth-order valence-corrected chi connectivity index (χ4v) is 1.09. The third-order valence-electron chi connectivity index (χ3n) is 1.83. The van der Waals surface area contributed by atoms with E-state index in [1.54, 1.807) is 6.92 Å². The monoisotopic (exact) mass is 209 g/mol. The second kappa shape index (κ2) is 6.03. The largest absolute Gasteiger partial charge is 0.464 e. The van der Waals surface area contributed by atoms with Crippen LogP contribution in [-0.4, -0.2) is 30.3 Å². The summed E-state index contributed by atoms with van der Waals surface area (Å²) in [6.45, 7) is 2.14. The van der Waals surface area contributed by atoms with E-state index in [1.165, 1.54) is 0 Å². The molecule has 1 atom stereocenters. The Bertz CT molecular complexity index is 300. The summed E-state index contributed by atoms with van der Waals surface area (Å²) in [5.74, 6) is -0.596. The van der Waals surface area contributed by atoms with Crippen molar-refractivity contribution in [2.24, 2.45) is 0 Å².